The van der Waals surface area contributed by atoms with Crippen LogP contribution in [0.4, 0.5) is 4.39 Å². The molecule has 0 heterocycles. The van der Waals surface area contributed by atoms with Crippen LogP contribution in [-0.4, -0.2) is 11.8 Å². The van der Waals surface area contributed by atoms with Crippen molar-refractivity contribution in [1.82, 2.24) is 0 Å². The van der Waals surface area contributed by atoms with Gasteiger partial charge in [-0.05, 0) is 37.8 Å². The molecule has 1 aromatic rings. The number of rotatable bonds is 3. The fourth-order valence-electron chi connectivity index (χ4n) is 3.67. The zero-order chi connectivity index (χ0) is 16.4. The van der Waals surface area contributed by atoms with Crippen molar-refractivity contribution in [3.05, 3.63) is 35.1 Å². The number of benzene rings is 1. The number of Topliss-reactive ketones (excluding diaryl/α,β-unsaturated/α-hetero) is 1. The molecule has 5 heteroatoms. The van der Waals surface area contributed by atoms with Crippen LogP contribution in [0, 0.1) is 34.9 Å². The Kier molecular flexibility index (Phi) is 4.42. The second-order valence-corrected chi connectivity index (χ2v) is 6.42. The van der Waals surface area contributed by atoms with Gasteiger partial charge in [0.2, 0.25) is 0 Å². The molecule has 2 saturated carbocycles. The Morgan fingerprint density at radius 1 is 1.30 bits per heavy atom. The SMILES string of the molecule is N#Cc1ccc(COC(=O)C2CC3CCCC(C2)C3=O)c(F)c1. The van der Waals surface area contributed by atoms with E-state index in [-0.39, 0.29) is 41.5 Å². The average molecular weight is 315 g/mol. The van der Waals surface area contributed by atoms with E-state index in [9.17, 15) is 14.0 Å². The third-order valence-corrected chi connectivity index (χ3v) is 4.93. The summed E-state index contributed by atoms with van der Waals surface area (Å²) >= 11 is 0. The number of carbonyl (C=O) groups excluding carboxylic acids is 2. The van der Waals surface area contributed by atoms with Gasteiger partial charge in [0.25, 0.3) is 0 Å². The first-order valence-corrected chi connectivity index (χ1v) is 7.97. The van der Waals surface area contributed by atoms with Crippen LogP contribution in [0.3, 0.4) is 0 Å². The van der Waals surface area contributed by atoms with E-state index in [4.69, 9.17) is 10.00 Å². The van der Waals surface area contributed by atoms with E-state index in [1.54, 1.807) is 0 Å². The van der Waals surface area contributed by atoms with Crippen LogP contribution in [0.25, 0.3) is 0 Å². The van der Waals surface area contributed by atoms with Gasteiger partial charge in [0, 0.05) is 17.4 Å². The van der Waals surface area contributed by atoms with E-state index in [0.29, 0.717) is 18.6 Å². The normalized spacial score (nSPS) is 26.4. The summed E-state index contributed by atoms with van der Waals surface area (Å²) in [5.74, 6) is -0.869. The maximum Gasteiger partial charge on any atom is 0.309 e. The van der Waals surface area contributed by atoms with Gasteiger partial charge in [-0.15, -0.1) is 0 Å². The topological polar surface area (TPSA) is 67.2 Å². The van der Waals surface area contributed by atoms with E-state index in [2.05, 4.69) is 0 Å². The maximum atomic E-state index is 13.8. The molecule has 0 radical (unpaired) electrons. The van der Waals surface area contributed by atoms with Gasteiger partial charge in [0.15, 0.2) is 0 Å². The second-order valence-electron chi connectivity index (χ2n) is 6.42. The molecule has 1 aromatic carbocycles. The van der Waals surface area contributed by atoms with Gasteiger partial charge in [-0.2, -0.15) is 5.26 Å². The molecule has 2 fully saturated rings. The van der Waals surface area contributed by atoms with Crippen molar-refractivity contribution in [2.45, 2.75) is 38.7 Å². The molecular formula is C18H18FNO3. The predicted octanol–water partition coefficient (Wildman–Crippen LogP) is 3.14. The van der Waals surface area contributed by atoms with Gasteiger partial charge in [-0.25, -0.2) is 4.39 Å². The minimum atomic E-state index is -0.549. The van der Waals surface area contributed by atoms with Crippen LogP contribution >= 0.6 is 0 Å². The number of nitriles is 1. The van der Waals surface area contributed by atoms with E-state index >= 15 is 0 Å². The molecule has 0 spiro atoms. The highest BCUT2D eigenvalue weighted by atomic mass is 19.1. The first-order valence-electron chi connectivity index (χ1n) is 7.97. The van der Waals surface area contributed by atoms with Crippen molar-refractivity contribution in [3.63, 3.8) is 0 Å². The molecule has 2 bridgehead atoms. The van der Waals surface area contributed by atoms with Crippen LogP contribution < -0.4 is 0 Å². The van der Waals surface area contributed by atoms with Crippen LogP contribution in [0.5, 0.6) is 0 Å². The average Bonchev–Trinajstić information content (AvgIpc) is 2.53. The van der Waals surface area contributed by atoms with Gasteiger partial charge in [0.05, 0.1) is 17.6 Å². The number of hydrogen-bond acceptors (Lipinski definition) is 4. The zero-order valence-electron chi connectivity index (χ0n) is 12.8. The number of fused-ring (bicyclic) bond motifs is 2. The minimum absolute atomic E-state index is 0.00769. The summed E-state index contributed by atoms with van der Waals surface area (Å²) < 4.78 is 19.0. The van der Waals surface area contributed by atoms with E-state index in [0.717, 1.165) is 25.3 Å². The van der Waals surface area contributed by atoms with Crippen LogP contribution in [-0.2, 0) is 20.9 Å². The summed E-state index contributed by atoms with van der Waals surface area (Å²) in [7, 11) is 0. The summed E-state index contributed by atoms with van der Waals surface area (Å²) in [4.78, 5) is 24.3. The lowest BCUT2D eigenvalue weighted by molar-refractivity contribution is -0.154. The molecule has 0 aliphatic heterocycles. The third kappa shape index (κ3) is 3.26. The smallest absolute Gasteiger partial charge is 0.309 e. The van der Waals surface area contributed by atoms with E-state index < -0.39 is 5.82 Å². The fraction of sp³-hybridized carbons (Fsp3) is 0.500. The Morgan fingerprint density at radius 3 is 2.61 bits per heavy atom. The number of nitrogens with zero attached hydrogens (tertiary/aromatic N) is 1. The van der Waals surface area contributed by atoms with Crippen molar-refractivity contribution in [2.24, 2.45) is 17.8 Å². The van der Waals surface area contributed by atoms with E-state index in [1.807, 2.05) is 6.07 Å². The minimum Gasteiger partial charge on any atom is -0.460 e. The van der Waals surface area contributed by atoms with Gasteiger partial charge in [-0.3, -0.25) is 9.59 Å². The lowest BCUT2D eigenvalue weighted by Crippen LogP contribution is -2.39. The highest BCUT2D eigenvalue weighted by Gasteiger charge is 2.41. The van der Waals surface area contributed by atoms with Crippen LogP contribution in [0.15, 0.2) is 18.2 Å². The predicted molar refractivity (Wildman–Crippen MR) is 79.5 cm³/mol. The second kappa shape index (κ2) is 6.49. The van der Waals surface area contributed by atoms with Crippen LogP contribution in [0.2, 0.25) is 0 Å². The number of esters is 1. The molecule has 23 heavy (non-hydrogen) atoms. The van der Waals surface area contributed by atoms with E-state index in [1.165, 1.54) is 12.1 Å². The Balaban J connectivity index is 1.60. The van der Waals surface area contributed by atoms with Crippen LogP contribution in [0.1, 0.15) is 43.2 Å². The van der Waals surface area contributed by atoms with Crippen molar-refractivity contribution in [1.29, 1.82) is 5.26 Å². The van der Waals surface area contributed by atoms with Gasteiger partial charge < -0.3 is 4.74 Å². The van der Waals surface area contributed by atoms with Crippen molar-refractivity contribution in [3.8, 4) is 6.07 Å². The summed E-state index contributed by atoms with van der Waals surface area (Å²) in [6, 6.07) is 5.94. The standard InChI is InChI=1S/C18H18FNO3/c19-16-6-11(9-20)4-5-14(16)10-23-18(22)15-7-12-2-1-3-13(8-15)17(12)21/h4-6,12-13,15H,1-3,7-8,10H2. The third-order valence-electron chi connectivity index (χ3n) is 4.93. The Labute approximate surface area is 134 Å². The monoisotopic (exact) mass is 315 g/mol. The Bertz CT molecular complexity index is 663. The van der Waals surface area contributed by atoms with Crippen molar-refractivity contribution < 1.29 is 18.7 Å². The quantitative estimate of drug-likeness (QED) is 0.804. The molecule has 0 amide bonds. The zero-order valence-corrected chi connectivity index (χ0v) is 12.8. The molecule has 0 aromatic heterocycles. The summed E-state index contributed by atoms with van der Waals surface area (Å²) in [5, 5.41) is 8.71. The molecule has 3 rings (SSSR count). The Morgan fingerprint density at radius 2 is 2.00 bits per heavy atom. The van der Waals surface area contributed by atoms with Crippen molar-refractivity contribution >= 4 is 11.8 Å². The molecule has 4 nitrogen and oxygen atoms in total. The highest BCUT2D eigenvalue weighted by molar-refractivity contribution is 5.87. The number of halogens is 1. The number of hydrogen-bond donors (Lipinski definition) is 0. The maximum absolute atomic E-state index is 13.8. The molecular weight excluding hydrogens is 297 g/mol. The lowest BCUT2D eigenvalue weighted by atomic mass is 9.67. The number of ketones is 1. The lowest BCUT2D eigenvalue weighted by Gasteiger charge is -2.36. The summed E-state index contributed by atoms with van der Waals surface area (Å²) in [5.41, 5.74) is 0.487. The Hall–Kier alpha value is -2.22. The summed E-state index contributed by atoms with van der Waals surface area (Å²) in [6.07, 6.45) is 3.90. The first kappa shape index (κ1) is 15.7. The number of carbonyl (C=O) groups is 2. The largest absolute Gasteiger partial charge is 0.460 e. The molecule has 0 N–H and O–H groups in total. The molecule has 2 aliphatic carbocycles. The number of ether oxygens (including phenoxy) is 1. The van der Waals surface area contributed by atoms with Crippen molar-refractivity contribution in [2.75, 3.05) is 0 Å². The molecule has 0 saturated heterocycles. The van der Waals surface area contributed by atoms with Gasteiger partial charge >= 0.3 is 5.97 Å². The fourth-order valence-corrected chi connectivity index (χ4v) is 3.67. The first-order chi connectivity index (χ1) is 11.1. The summed E-state index contributed by atoms with van der Waals surface area (Å²) in [6.45, 7) is -0.143. The molecule has 2 unspecified atom stereocenters. The molecule has 2 aliphatic rings. The highest BCUT2D eigenvalue weighted by Crippen LogP contribution is 2.40. The molecule has 120 valence electrons. The molecule has 2 atom stereocenters. The van der Waals surface area contributed by atoms with Gasteiger partial charge in [-0.1, -0.05) is 12.5 Å². The van der Waals surface area contributed by atoms with Gasteiger partial charge in [0.1, 0.15) is 18.2 Å².